The van der Waals surface area contributed by atoms with E-state index in [0.29, 0.717) is 17.1 Å². The summed E-state index contributed by atoms with van der Waals surface area (Å²) in [5.41, 5.74) is 0.841. The molecule has 2 aliphatic heterocycles. The Hall–Kier alpha value is -3.40. The fourth-order valence-corrected chi connectivity index (χ4v) is 5.80. The van der Waals surface area contributed by atoms with E-state index < -0.39 is 22.1 Å². The summed E-state index contributed by atoms with van der Waals surface area (Å²) in [7, 11) is -4.33. The quantitative estimate of drug-likeness (QED) is 0.479. The van der Waals surface area contributed by atoms with Crippen molar-refractivity contribution in [1.29, 1.82) is 0 Å². The topological polar surface area (TPSA) is 102 Å². The molecule has 0 saturated heterocycles. The number of hydrogen-bond donors (Lipinski definition) is 1. The molecule has 0 saturated carbocycles. The van der Waals surface area contributed by atoms with Crippen LogP contribution in [0.3, 0.4) is 0 Å². The average molecular weight is 506 g/mol. The largest absolute Gasteiger partial charge is 0.512 e. The summed E-state index contributed by atoms with van der Waals surface area (Å²) >= 11 is 12.5. The molecule has 0 bridgehead atoms. The van der Waals surface area contributed by atoms with E-state index in [1.54, 1.807) is 36.4 Å². The Bertz CT molecular complexity index is 1450. The van der Waals surface area contributed by atoms with Crippen LogP contribution in [-0.2, 0) is 14.8 Å². The molecule has 0 aliphatic carbocycles. The van der Waals surface area contributed by atoms with E-state index in [0.717, 1.165) is 4.31 Å². The fourth-order valence-electron chi connectivity index (χ4n) is 3.72. The lowest BCUT2D eigenvalue weighted by molar-refractivity contribution is 0.119. The predicted octanol–water partition coefficient (Wildman–Crippen LogP) is 5.34. The number of benzene rings is 3. The van der Waals surface area contributed by atoms with Gasteiger partial charge in [0.2, 0.25) is 12.7 Å². The summed E-state index contributed by atoms with van der Waals surface area (Å²) in [6.07, 6.45) is -1.71. The molecular formula is C22H13Cl2NO7S. The van der Waals surface area contributed by atoms with Crippen molar-refractivity contribution in [2.24, 2.45) is 0 Å². The number of anilines is 1. The highest BCUT2D eigenvalue weighted by molar-refractivity contribution is 7.93. The first-order valence-electron chi connectivity index (χ1n) is 9.43. The lowest BCUT2D eigenvalue weighted by Crippen LogP contribution is -2.37. The number of hydrogen-bond acceptors (Lipinski definition) is 6. The fraction of sp³-hybridized carbons (Fsp3) is 0.0455. The number of sulfonamides is 1. The van der Waals surface area contributed by atoms with Gasteiger partial charge >= 0.3 is 6.16 Å². The standard InChI is InChI=1S/C22H13Cl2NO7S/c23-14-5-3-6-15(20(14)24)25-21(32-22(26)27)19(12-8-9-16-17(10-12)31-11-30-16)13-4-1-2-7-18(13)33(25,28)29/h1-10H,11H2,(H,26,27). The normalized spacial score (nSPS) is 15.9. The second kappa shape index (κ2) is 7.87. The van der Waals surface area contributed by atoms with E-state index in [1.807, 2.05) is 0 Å². The summed E-state index contributed by atoms with van der Waals surface area (Å²) in [6, 6.07) is 15.5. The van der Waals surface area contributed by atoms with Gasteiger partial charge in [-0.05, 0) is 35.9 Å². The number of carbonyl (C=O) groups is 1. The third kappa shape index (κ3) is 3.45. The lowest BCUT2D eigenvalue weighted by Gasteiger charge is -2.33. The monoisotopic (exact) mass is 505 g/mol. The first kappa shape index (κ1) is 21.4. The Labute approximate surface area is 198 Å². The highest BCUT2D eigenvalue weighted by Gasteiger charge is 2.42. The first-order valence-corrected chi connectivity index (χ1v) is 11.6. The van der Waals surface area contributed by atoms with Crippen molar-refractivity contribution in [2.75, 3.05) is 11.1 Å². The molecule has 0 aromatic heterocycles. The Morgan fingerprint density at radius 2 is 1.76 bits per heavy atom. The van der Waals surface area contributed by atoms with Crippen LogP contribution in [0.4, 0.5) is 10.5 Å². The minimum Gasteiger partial charge on any atom is -0.454 e. The van der Waals surface area contributed by atoms with Crippen LogP contribution in [0.2, 0.25) is 10.0 Å². The number of ether oxygens (including phenoxy) is 3. The van der Waals surface area contributed by atoms with Gasteiger partial charge in [0.1, 0.15) is 0 Å². The maximum atomic E-state index is 13.7. The molecule has 0 amide bonds. The second-order valence-electron chi connectivity index (χ2n) is 6.95. The second-order valence-corrected chi connectivity index (χ2v) is 9.49. The molecule has 2 heterocycles. The van der Waals surface area contributed by atoms with E-state index >= 15 is 0 Å². The molecule has 33 heavy (non-hydrogen) atoms. The van der Waals surface area contributed by atoms with Crippen LogP contribution in [0.25, 0.3) is 5.57 Å². The van der Waals surface area contributed by atoms with Crippen molar-refractivity contribution in [1.82, 2.24) is 0 Å². The highest BCUT2D eigenvalue weighted by atomic mass is 35.5. The summed E-state index contributed by atoms with van der Waals surface area (Å²) < 4.78 is 44.0. The molecule has 11 heteroatoms. The third-order valence-electron chi connectivity index (χ3n) is 5.07. The van der Waals surface area contributed by atoms with Crippen LogP contribution in [0.1, 0.15) is 11.1 Å². The molecule has 3 aromatic rings. The molecule has 1 N–H and O–H groups in total. The third-order valence-corrected chi connectivity index (χ3v) is 7.63. The van der Waals surface area contributed by atoms with Gasteiger partial charge in [-0.3, -0.25) is 0 Å². The smallest absolute Gasteiger partial charge is 0.454 e. The molecule has 0 radical (unpaired) electrons. The van der Waals surface area contributed by atoms with Crippen LogP contribution >= 0.6 is 23.2 Å². The highest BCUT2D eigenvalue weighted by Crippen LogP contribution is 2.47. The van der Waals surface area contributed by atoms with E-state index in [-0.39, 0.29) is 38.6 Å². The minimum absolute atomic E-state index is 0.0333. The van der Waals surface area contributed by atoms with Crippen LogP contribution in [0.15, 0.2) is 71.4 Å². The molecule has 0 spiro atoms. The van der Waals surface area contributed by atoms with Gasteiger partial charge in [0.15, 0.2) is 11.5 Å². The number of nitrogens with zero attached hydrogens (tertiary/aromatic N) is 1. The molecule has 0 fully saturated rings. The number of carboxylic acid groups (broad SMARTS) is 1. The van der Waals surface area contributed by atoms with Gasteiger partial charge in [0.05, 0.1) is 26.2 Å². The summed E-state index contributed by atoms with van der Waals surface area (Å²) in [5.74, 6) is 0.462. The Morgan fingerprint density at radius 3 is 2.55 bits per heavy atom. The summed E-state index contributed by atoms with van der Waals surface area (Å²) in [5, 5.41) is 9.51. The van der Waals surface area contributed by atoms with Gasteiger partial charge in [-0.25, -0.2) is 17.5 Å². The first-order chi connectivity index (χ1) is 15.8. The molecule has 0 atom stereocenters. The Kier molecular flexibility index (Phi) is 5.12. The zero-order chi connectivity index (χ0) is 23.3. The van der Waals surface area contributed by atoms with Crippen LogP contribution < -0.4 is 13.8 Å². The molecule has 2 aliphatic rings. The summed E-state index contributed by atoms with van der Waals surface area (Å²) in [6.45, 7) is 0.0333. The van der Waals surface area contributed by atoms with E-state index in [1.165, 1.54) is 24.3 Å². The number of halogens is 2. The van der Waals surface area contributed by atoms with Crippen molar-refractivity contribution in [3.63, 3.8) is 0 Å². The van der Waals surface area contributed by atoms with Gasteiger partial charge in [-0.15, -0.1) is 0 Å². The van der Waals surface area contributed by atoms with Gasteiger partial charge in [0, 0.05) is 5.56 Å². The average Bonchev–Trinajstić information content (AvgIpc) is 3.24. The maximum Gasteiger partial charge on any atom is 0.512 e. The SMILES string of the molecule is O=C(O)OC1=C(c2ccc3c(c2)OCO3)c2ccccc2S(=O)(=O)N1c1cccc(Cl)c1Cl. The Morgan fingerprint density at radius 1 is 1.00 bits per heavy atom. The number of fused-ring (bicyclic) bond motifs is 2. The van der Waals surface area contributed by atoms with E-state index in [2.05, 4.69) is 0 Å². The van der Waals surface area contributed by atoms with Crippen molar-refractivity contribution in [3.8, 4) is 11.5 Å². The van der Waals surface area contributed by atoms with Crippen molar-refractivity contribution in [2.45, 2.75) is 4.90 Å². The minimum atomic E-state index is -4.33. The van der Waals surface area contributed by atoms with Crippen LogP contribution in [-0.4, -0.2) is 26.5 Å². The lowest BCUT2D eigenvalue weighted by atomic mass is 9.97. The molecule has 5 rings (SSSR count). The predicted molar refractivity (Wildman–Crippen MR) is 120 cm³/mol. The molecule has 168 valence electrons. The molecule has 0 unspecified atom stereocenters. The van der Waals surface area contributed by atoms with Gasteiger partial charge in [-0.2, -0.15) is 0 Å². The van der Waals surface area contributed by atoms with Gasteiger partial charge in [-0.1, -0.05) is 53.5 Å². The van der Waals surface area contributed by atoms with Crippen LogP contribution in [0, 0.1) is 0 Å². The Balaban J connectivity index is 1.88. The zero-order valence-corrected chi connectivity index (χ0v) is 18.8. The maximum absolute atomic E-state index is 13.7. The molecular weight excluding hydrogens is 493 g/mol. The van der Waals surface area contributed by atoms with Crippen molar-refractivity contribution >= 4 is 50.6 Å². The van der Waals surface area contributed by atoms with Crippen LogP contribution in [0.5, 0.6) is 11.5 Å². The summed E-state index contributed by atoms with van der Waals surface area (Å²) in [4.78, 5) is 11.6. The van der Waals surface area contributed by atoms with E-state index in [9.17, 15) is 18.3 Å². The zero-order valence-electron chi connectivity index (χ0n) is 16.5. The van der Waals surface area contributed by atoms with Crippen molar-refractivity contribution < 1.29 is 32.5 Å². The molecule has 3 aromatic carbocycles. The van der Waals surface area contributed by atoms with Crippen molar-refractivity contribution in [3.05, 3.63) is 87.7 Å². The molecule has 8 nitrogen and oxygen atoms in total. The van der Waals surface area contributed by atoms with E-state index in [4.69, 9.17) is 37.4 Å². The number of rotatable bonds is 3. The van der Waals surface area contributed by atoms with Gasteiger partial charge < -0.3 is 19.3 Å². The van der Waals surface area contributed by atoms with Gasteiger partial charge in [0.25, 0.3) is 10.0 Å².